The summed E-state index contributed by atoms with van der Waals surface area (Å²) in [6.07, 6.45) is 0. The Morgan fingerprint density at radius 1 is 0.450 bits per heavy atom. The van der Waals surface area contributed by atoms with E-state index in [2.05, 4.69) is 88.5 Å². The topological polar surface area (TPSA) is 0 Å². The predicted molar refractivity (Wildman–Crippen MR) is 101 cm³/mol. The average Bonchev–Trinajstić information content (AvgIpc) is 2.39. The molecule has 0 spiro atoms. The van der Waals surface area contributed by atoms with E-state index in [-0.39, 0.29) is 0 Å². The maximum Gasteiger partial charge on any atom is -0.0184 e. The summed E-state index contributed by atoms with van der Waals surface area (Å²) in [7, 11) is 0.759. The zero-order valence-corrected chi connectivity index (χ0v) is 15.5. The number of rotatable bonds is 1. The van der Waals surface area contributed by atoms with E-state index in [1.807, 2.05) is 12.1 Å². The van der Waals surface area contributed by atoms with Crippen molar-refractivity contribution in [3.8, 4) is 11.1 Å². The van der Waals surface area contributed by atoms with Crippen LogP contribution in [0.1, 0.15) is 0 Å². The first-order chi connectivity index (χ1) is 9.43. The lowest BCUT2D eigenvalue weighted by Crippen LogP contribution is -1.73. The summed E-state index contributed by atoms with van der Waals surface area (Å²) in [5.41, 5.74) is 2.55. The summed E-state index contributed by atoms with van der Waals surface area (Å²) >= 11 is 0. The zero-order chi connectivity index (χ0) is 15.4. The SMILES string of the molecule is CP(C)C.CP(C)C.c1ccc(-c2ccccc2)cc1. The minimum atomic E-state index is 0.380. The molecule has 0 nitrogen and oxygen atoms in total. The minimum absolute atomic E-state index is 0.380. The van der Waals surface area contributed by atoms with Crippen molar-refractivity contribution in [2.24, 2.45) is 0 Å². The fourth-order valence-electron chi connectivity index (χ4n) is 1.26. The van der Waals surface area contributed by atoms with Crippen LogP contribution in [0.4, 0.5) is 0 Å². The summed E-state index contributed by atoms with van der Waals surface area (Å²) < 4.78 is 0. The molecule has 2 rings (SSSR count). The summed E-state index contributed by atoms with van der Waals surface area (Å²) in [4.78, 5) is 0. The van der Waals surface area contributed by atoms with E-state index in [1.165, 1.54) is 11.1 Å². The van der Waals surface area contributed by atoms with E-state index in [9.17, 15) is 0 Å². The van der Waals surface area contributed by atoms with Crippen LogP contribution in [0.25, 0.3) is 11.1 Å². The fraction of sp³-hybridized carbons (Fsp3) is 0.333. The van der Waals surface area contributed by atoms with Gasteiger partial charge >= 0.3 is 0 Å². The first-order valence-corrected chi connectivity index (χ1v) is 12.1. The van der Waals surface area contributed by atoms with Crippen molar-refractivity contribution in [3.05, 3.63) is 60.7 Å². The van der Waals surface area contributed by atoms with Gasteiger partial charge in [-0.2, -0.15) is 0 Å². The van der Waals surface area contributed by atoms with Crippen molar-refractivity contribution in [2.45, 2.75) is 0 Å². The molecule has 0 unspecified atom stereocenters. The van der Waals surface area contributed by atoms with Crippen molar-refractivity contribution in [3.63, 3.8) is 0 Å². The van der Waals surface area contributed by atoms with Crippen molar-refractivity contribution in [1.82, 2.24) is 0 Å². The molecule has 0 heterocycles. The van der Waals surface area contributed by atoms with Crippen molar-refractivity contribution < 1.29 is 0 Å². The van der Waals surface area contributed by atoms with Gasteiger partial charge in [0.2, 0.25) is 0 Å². The molecule has 0 saturated heterocycles. The Hall–Kier alpha value is -0.700. The average molecular weight is 306 g/mol. The third kappa shape index (κ3) is 12.3. The quantitative estimate of drug-likeness (QED) is 0.561. The van der Waals surface area contributed by atoms with Gasteiger partial charge in [-0.1, -0.05) is 60.7 Å². The summed E-state index contributed by atoms with van der Waals surface area (Å²) in [6.45, 7) is 13.4. The molecule has 20 heavy (non-hydrogen) atoms. The normalized spacial score (nSPS) is 9.40. The molecule has 0 bridgehead atoms. The van der Waals surface area contributed by atoms with E-state index in [1.54, 1.807) is 0 Å². The van der Waals surface area contributed by atoms with Gasteiger partial charge in [0.1, 0.15) is 0 Å². The molecule has 0 N–H and O–H groups in total. The van der Waals surface area contributed by atoms with E-state index >= 15 is 0 Å². The van der Waals surface area contributed by atoms with Gasteiger partial charge in [0.05, 0.1) is 0 Å². The van der Waals surface area contributed by atoms with Gasteiger partial charge in [-0.25, -0.2) is 0 Å². The molecule has 0 aliphatic carbocycles. The highest BCUT2D eigenvalue weighted by Crippen LogP contribution is 2.17. The number of benzene rings is 2. The van der Waals surface area contributed by atoms with Gasteiger partial charge in [0.15, 0.2) is 0 Å². The second kappa shape index (κ2) is 12.1. The van der Waals surface area contributed by atoms with Crippen LogP contribution >= 0.6 is 15.8 Å². The maximum absolute atomic E-state index is 2.23. The molecular formula is C18H28P2. The predicted octanol–water partition coefficient (Wildman–Crippen LogP) is 6.07. The Kier molecular flexibility index (Phi) is 11.6. The summed E-state index contributed by atoms with van der Waals surface area (Å²) in [6, 6.07) is 20.8. The Morgan fingerprint density at radius 3 is 0.850 bits per heavy atom. The Bertz CT molecular complexity index is 373. The fourth-order valence-corrected chi connectivity index (χ4v) is 1.26. The van der Waals surface area contributed by atoms with Gasteiger partial charge in [-0.3, -0.25) is 0 Å². The van der Waals surface area contributed by atoms with Crippen molar-refractivity contribution in [1.29, 1.82) is 0 Å². The van der Waals surface area contributed by atoms with Gasteiger partial charge in [0, 0.05) is 0 Å². The van der Waals surface area contributed by atoms with E-state index in [0.29, 0.717) is 15.8 Å². The molecule has 0 fully saturated rings. The molecule has 2 aromatic rings. The Labute approximate surface area is 128 Å². The first kappa shape index (κ1) is 19.3. The zero-order valence-electron chi connectivity index (χ0n) is 13.7. The van der Waals surface area contributed by atoms with Gasteiger partial charge in [-0.15, -0.1) is 15.8 Å². The Balaban J connectivity index is 0.000000380. The summed E-state index contributed by atoms with van der Waals surface area (Å²) in [5.74, 6) is 0. The Morgan fingerprint density at radius 2 is 0.650 bits per heavy atom. The minimum Gasteiger partial charge on any atom is -0.116 e. The largest absolute Gasteiger partial charge is 0.116 e. The standard InChI is InChI=1S/C12H10.2C3H9P/c1-3-7-11(8-4-1)12-9-5-2-6-10-12;2*1-4(2)3/h1-10H;2*1-3H3. The van der Waals surface area contributed by atoms with Gasteiger partial charge in [0.25, 0.3) is 0 Å². The summed E-state index contributed by atoms with van der Waals surface area (Å²) in [5, 5.41) is 0. The lowest BCUT2D eigenvalue weighted by atomic mass is 10.1. The smallest absolute Gasteiger partial charge is 0.0184 e. The molecule has 0 amide bonds. The second-order valence-electron chi connectivity index (χ2n) is 5.42. The van der Waals surface area contributed by atoms with E-state index in [4.69, 9.17) is 0 Å². The van der Waals surface area contributed by atoms with Gasteiger partial charge < -0.3 is 0 Å². The molecule has 0 saturated carbocycles. The van der Waals surface area contributed by atoms with Crippen molar-refractivity contribution in [2.75, 3.05) is 40.0 Å². The molecule has 2 aromatic carbocycles. The van der Waals surface area contributed by atoms with Crippen LogP contribution in [0.5, 0.6) is 0 Å². The van der Waals surface area contributed by atoms with Crippen LogP contribution in [0.2, 0.25) is 0 Å². The first-order valence-electron chi connectivity index (χ1n) is 6.75. The molecule has 0 radical (unpaired) electrons. The van der Waals surface area contributed by atoms with E-state index in [0.717, 1.165) is 0 Å². The van der Waals surface area contributed by atoms with Crippen LogP contribution in [0.15, 0.2) is 60.7 Å². The third-order valence-electron chi connectivity index (χ3n) is 1.88. The number of hydrogen-bond acceptors (Lipinski definition) is 0. The highest BCUT2D eigenvalue weighted by molar-refractivity contribution is 7.55. The van der Waals surface area contributed by atoms with E-state index < -0.39 is 0 Å². The highest BCUT2D eigenvalue weighted by Gasteiger charge is 1.91. The molecule has 0 aliphatic heterocycles. The molecule has 0 aliphatic rings. The molecule has 0 atom stereocenters. The lowest BCUT2D eigenvalue weighted by Gasteiger charge is -1.98. The van der Waals surface area contributed by atoms with Crippen molar-refractivity contribution >= 4 is 15.8 Å². The molecular weight excluding hydrogens is 278 g/mol. The van der Waals surface area contributed by atoms with Gasteiger partial charge in [-0.05, 0) is 51.1 Å². The van der Waals surface area contributed by atoms with Crippen LogP contribution in [0.3, 0.4) is 0 Å². The van der Waals surface area contributed by atoms with Crippen LogP contribution in [0, 0.1) is 0 Å². The van der Waals surface area contributed by atoms with Crippen LogP contribution in [-0.4, -0.2) is 40.0 Å². The number of hydrogen-bond donors (Lipinski definition) is 0. The molecule has 110 valence electrons. The monoisotopic (exact) mass is 306 g/mol. The van der Waals surface area contributed by atoms with Crippen LogP contribution in [-0.2, 0) is 0 Å². The highest BCUT2D eigenvalue weighted by atomic mass is 31.1. The molecule has 2 heteroatoms. The maximum atomic E-state index is 2.23. The third-order valence-corrected chi connectivity index (χ3v) is 1.88. The van der Waals surface area contributed by atoms with Crippen LogP contribution < -0.4 is 0 Å². The molecule has 0 aromatic heterocycles. The lowest BCUT2D eigenvalue weighted by molar-refractivity contribution is 1.62. The second-order valence-corrected chi connectivity index (χ2v) is 10.8.